The molecule has 1 unspecified atom stereocenters. The number of phenolic OH excluding ortho intramolecular Hbond substituents is 1. The fraction of sp³-hybridized carbons (Fsp3) is 0.605. The highest BCUT2D eigenvalue weighted by Gasteiger charge is 2.56. The van der Waals surface area contributed by atoms with Crippen molar-refractivity contribution in [1.29, 1.82) is 5.26 Å². The van der Waals surface area contributed by atoms with Crippen LogP contribution in [0.15, 0.2) is 6.07 Å². The Bertz CT molecular complexity index is 1650. The Labute approximate surface area is 289 Å². The number of nitriles is 1. The normalized spacial score (nSPS) is 23.6. The number of rotatable bonds is 12. The zero-order chi connectivity index (χ0) is 35.0. The summed E-state index contributed by atoms with van der Waals surface area (Å²) in [5.41, 5.74) is 4.84. The molecule has 1 saturated heterocycles. The van der Waals surface area contributed by atoms with Crippen molar-refractivity contribution in [2.75, 3.05) is 27.5 Å². The van der Waals surface area contributed by atoms with Gasteiger partial charge in [0.25, 0.3) is 0 Å². The zero-order valence-electron chi connectivity index (χ0n) is 29.7. The molecule has 0 radical (unpaired) electrons. The topological polar surface area (TPSA) is 134 Å². The van der Waals surface area contributed by atoms with Crippen molar-refractivity contribution in [3.63, 3.8) is 0 Å². The molecule has 0 aliphatic carbocycles. The van der Waals surface area contributed by atoms with Gasteiger partial charge in [-0.15, -0.1) is 0 Å². The van der Waals surface area contributed by atoms with Crippen LogP contribution in [-0.2, 0) is 22.4 Å². The highest BCUT2D eigenvalue weighted by atomic mass is 16.7. The average Bonchev–Trinajstić information content (AvgIpc) is 3.56. The monoisotopic (exact) mass is 674 g/mol. The number of hydrogen-bond acceptors (Lipinski definition) is 10. The van der Waals surface area contributed by atoms with Crippen LogP contribution < -0.4 is 24.3 Å². The van der Waals surface area contributed by atoms with Crippen LogP contribution in [0.1, 0.15) is 111 Å². The number of fused-ring (bicyclic) bond motifs is 9. The third-order valence-electron chi connectivity index (χ3n) is 11.0. The van der Waals surface area contributed by atoms with Gasteiger partial charge in [0, 0.05) is 54.2 Å². The molecule has 2 N–H and O–H groups in total. The van der Waals surface area contributed by atoms with E-state index in [-0.39, 0.29) is 43.1 Å². The van der Waals surface area contributed by atoms with E-state index in [1.54, 1.807) is 7.11 Å². The van der Waals surface area contributed by atoms with Gasteiger partial charge in [-0.3, -0.25) is 19.4 Å². The Morgan fingerprint density at radius 1 is 1.04 bits per heavy atom. The number of ether oxygens (including phenoxy) is 4. The quantitative estimate of drug-likeness (QED) is 0.164. The number of methoxy groups -OCH3 is 1. The summed E-state index contributed by atoms with van der Waals surface area (Å²) >= 11 is 0. The van der Waals surface area contributed by atoms with E-state index in [0.29, 0.717) is 47.8 Å². The molecule has 4 aliphatic rings. The number of piperazine rings is 1. The highest BCUT2D eigenvalue weighted by molar-refractivity contribution is 5.76. The second-order valence-electron chi connectivity index (χ2n) is 14.0. The predicted molar refractivity (Wildman–Crippen MR) is 183 cm³/mol. The molecule has 4 aliphatic heterocycles. The molecule has 2 aromatic carbocycles. The lowest BCUT2D eigenvalue weighted by Crippen LogP contribution is -2.68. The first-order valence-electron chi connectivity index (χ1n) is 17.8. The number of unbranched alkanes of at least 4 members (excludes halogenated alkanes) is 6. The first-order chi connectivity index (χ1) is 23.6. The van der Waals surface area contributed by atoms with Crippen molar-refractivity contribution >= 4 is 11.9 Å². The number of nitrogens with zero attached hydrogens (tertiary/aromatic N) is 3. The molecule has 6 rings (SSSR count). The standard InChI is InChI=1S/C38H50N4O7/c1-7-8-9-10-11-12-13-14-30(44)40-19-29-32-25(36(49-23(4)43)22(3)37-38(32)48-20-47-37)17-27-33-31-24(15-21(2)35(46-6)34(31)45)16-26(41(33)5)28(18-39)42(27)29/h15,26-29,33,45H,7-14,16-17,19-20H2,1-6H3,(H,40,44)/t26-,27?,28-,29-,33+/m0/s1. The maximum Gasteiger partial charge on any atom is 0.308 e. The number of aromatic hydroxyl groups is 1. The zero-order valence-corrected chi connectivity index (χ0v) is 29.7. The van der Waals surface area contributed by atoms with Crippen LogP contribution in [0.25, 0.3) is 0 Å². The fourth-order valence-electron chi connectivity index (χ4n) is 8.85. The largest absolute Gasteiger partial charge is 0.504 e. The van der Waals surface area contributed by atoms with Crippen molar-refractivity contribution in [2.45, 2.75) is 122 Å². The number of carbonyl (C=O) groups excluding carboxylic acids is 2. The Balaban J connectivity index is 1.42. The molecule has 264 valence electrons. The molecular formula is C38H50N4O7. The predicted octanol–water partition coefficient (Wildman–Crippen LogP) is 5.70. The van der Waals surface area contributed by atoms with Crippen molar-refractivity contribution in [1.82, 2.24) is 15.1 Å². The summed E-state index contributed by atoms with van der Waals surface area (Å²) in [4.78, 5) is 30.3. The van der Waals surface area contributed by atoms with Gasteiger partial charge in [0.05, 0.1) is 25.3 Å². The molecule has 11 nitrogen and oxygen atoms in total. The average molecular weight is 675 g/mol. The number of nitrogens with one attached hydrogen (secondary N) is 1. The summed E-state index contributed by atoms with van der Waals surface area (Å²) < 4.78 is 23.6. The van der Waals surface area contributed by atoms with E-state index in [2.05, 4.69) is 34.2 Å². The number of hydrogen-bond donors (Lipinski definition) is 2. The number of esters is 1. The maximum absolute atomic E-state index is 13.3. The van der Waals surface area contributed by atoms with Gasteiger partial charge >= 0.3 is 5.97 Å². The van der Waals surface area contributed by atoms with Crippen molar-refractivity contribution in [2.24, 2.45) is 0 Å². The van der Waals surface area contributed by atoms with Gasteiger partial charge in [-0.05, 0) is 51.3 Å². The number of carbonyl (C=O) groups is 2. The van der Waals surface area contributed by atoms with E-state index < -0.39 is 18.1 Å². The van der Waals surface area contributed by atoms with Gasteiger partial charge in [0.15, 0.2) is 23.0 Å². The molecular weight excluding hydrogens is 624 g/mol. The van der Waals surface area contributed by atoms with E-state index in [9.17, 15) is 20.0 Å². The van der Waals surface area contributed by atoms with Gasteiger partial charge in [-0.1, -0.05) is 51.5 Å². The molecule has 0 saturated carbocycles. The molecule has 4 heterocycles. The summed E-state index contributed by atoms with van der Waals surface area (Å²) in [5.74, 6) is 1.55. The fourth-order valence-corrected chi connectivity index (χ4v) is 8.85. The third-order valence-corrected chi connectivity index (χ3v) is 11.0. The van der Waals surface area contributed by atoms with Gasteiger partial charge in [-0.25, -0.2) is 0 Å². The van der Waals surface area contributed by atoms with Crippen molar-refractivity contribution in [3.05, 3.63) is 39.4 Å². The van der Waals surface area contributed by atoms with Gasteiger partial charge in [0.2, 0.25) is 12.7 Å². The SMILES string of the molecule is CCCCCCCCCC(=O)NC[C@H]1c2c(c(OC(C)=O)c(C)c3c2OCO3)CC2[C@@H]3c4c(cc(C)c(OC)c4O)C[C@@H]([C@H](C#N)N21)N3C. The first-order valence-corrected chi connectivity index (χ1v) is 17.8. The molecule has 2 aromatic rings. The van der Waals surface area contributed by atoms with Crippen LogP contribution >= 0.6 is 0 Å². The molecule has 0 spiro atoms. The van der Waals surface area contributed by atoms with Gasteiger partial charge < -0.3 is 29.4 Å². The van der Waals surface area contributed by atoms with E-state index >= 15 is 0 Å². The van der Waals surface area contributed by atoms with Gasteiger partial charge in [0.1, 0.15) is 11.8 Å². The second kappa shape index (κ2) is 14.5. The number of likely N-dealkylation sites (N-methyl/N-ethyl adjacent to an activating group) is 1. The van der Waals surface area contributed by atoms with E-state index in [0.717, 1.165) is 47.1 Å². The summed E-state index contributed by atoms with van der Waals surface area (Å²) in [5, 5.41) is 25.8. The lowest BCUT2D eigenvalue weighted by molar-refractivity contribution is -0.132. The molecule has 49 heavy (non-hydrogen) atoms. The first kappa shape index (κ1) is 34.8. The minimum absolute atomic E-state index is 0.0168. The van der Waals surface area contributed by atoms with E-state index in [4.69, 9.17) is 18.9 Å². The molecule has 1 amide bonds. The minimum atomic E-state index is -0.543. The molecule has 11 heteroatoms. The maximum atomic E-state index is 13.3. The second-order valence-corrected chi connectivity index (χ2v) is 14.0. The number of phenols is 1. The van der Waals surface area contributed by atoms with E-state index in [1.165, 1.54) is 32.6 Å². The van der Waals surface area contributed by atoms with Crippen LogP contribution in [0.2, 0.25) is 0 Å². The Morgan fingerprint density at radius 3 is 2.45 bits per heavy atom. The van der Waals surface area contributed by atoms with Crippen molar-refractivity contribution < 1.29 is 33.6 Å². The number of benzene rings is 2. The molecule has 2 bridgehead atoms. The third kappa shape index (κ3) is 6.18. The van der Waals surface area contributed by atoms with Crippen molar-refractivity contribution in [3.8, 4) is 34.8 Å². The summed E-state index contributed by atoms with van der Waals surface area (Å²) in [6.45, 7) is 7.60. The summed E-state index contributed by atoms with van der Waals surface area (Å²) in [6.07, 6.45) is 9.24. The minimum Gasteiger partial charge on any atom is -0.504 e. The van der Waals surface area contributed by atoms with Crippen LogP contribution in [0.5, 0.6) is 28.7 Å². The Hall–Kier alpha value is -4.01. The van der Waals surface area contributed by atoms with Crippen LogP contribution in [0.3, 0.4) is 0 Å². The summed E-state index contributed by atoms with van der Waals surface area (Å²) in [6, 6.07) is 2.85. The Morgan fingerprint density at radius 2 is 1.76 bits per heavy atom. The smallest absolute Gasteiger partial charge is 0.308 e. The van der Waals surface area contributed by atoms with Crippen LogP contribution in [-0.4, -0.2) is 72.4 Å². The van der Waals surface area contributed by atoms with E-state index in [1.807, 2.05) is 20.9 Å². The number of aryl methyl sites for hydroxylation is 1. The lowest BCUT2D eigenvalue weighted by atomic mass is 9.71. The van der Waals surface area contributed by atoms with Gasteiger partial charge in [-0.2, -0.15) is 5.26 Å². The Kier molecular flexibility index (Phi) is 10.3. The molecule has 5 atom stereocenters. The van der Waals surface area contributed by atoms with Crippen LogP contribution in [0, 0.1) is 25.2 Å². The molecule has 1 fully saturated rings. The lowest BCUT2D eigenvalue weighted by Gasteiger charge is -2.60. The highest BCUT2D eigenvalue weighted by Crippen LogP contribution is 2.58. The number of amides is 1. The summed E-state index contributed by atoms with van der Waals surface area (Å²) in [7, 11) is 3.57. The van der Waals surface area contributed by atoms with Crippen LogP contribution in [0.4, 0.5) is 0 Å². The molecule has 0 aromatic heterocycles.